The van der Waals surface area contributed by atoms with Crippen molar-refractivity contribution in [1.82, 2.24) is 10.6 Å². The molecule has 33 heavy (non-hydrogen) atoms. The van der Waals surface area contributed by atoms with E-state index in [4.69, 9.17) is 9.47 Å². The number of rotatable bonds is 0. The lowest BCUT2D eigenvalue weighted by Crippen LogP contribution is -2.30. The third kappa shape index (κ3) is 4.96. The molecule has 170 valence electrons. The van der Waals surface area contributed by atoms with E-state index >= 15 is 0 Å². The van der Waals surface area contributed by atoms with E-state index in [9.17, 15) is 9.90 Å². The smallest absolute Gasteiger partial charge is 0.220 e. The summed E-state index contributed by atoms with van der Waals surface area (Å²) in [5.74, 6) is 2.00. The summed E-state index contributed by atoms with van der Waals surface area (Å²) < 4.78 is 11.9. The maximum Gasteiger partial charge on any atom is 0.220 e. The fourth-order valence-electron chi connectivity index (χ4n) is 4.42. The van der Waals surface area contributed by atoms with E-state index in [-0.39, 0.29) is 17.7 Å². The van der Waals surface area contributed by atoms with Crippen LogP contribution in [0.4, 0.5) is 0 Å². The Kier molecular flexibility index (Phi) is 6.17. The molecule has 6 heteroatoms. The van der Waals surface area contributed by atoms with Crippen molar-refractivity contribution in [3.63, 3.8) is 0 Å². The van der Waals surface area contributed by atoms with Crippen molar-refractivity contribution in [2.45, 2.75) is 31.7 Å². The van der Waals surface area contributed by atoms with Crippen LogP contribution >= 0.6 is 0 Å². The maximum atomic E-state index is 12.2. The van der Waals surface area contributed by atoms with E-state index in [2.05, 4.69) is 34.9 Å². The highest BCUT2D eigenvalue weighted by atomic mass is 16.5. The Labute approximate surface area is 193 Å². The minimum Gasteiger partial charge on any atom is -0.504 e. The zero-order valence-electron chi connectivity index (χ0n) is 18.5. The van der Waals surface area contributed by atoms with E-state index in [1.807, 2.05) is 30.3 Å². The number of aryl methyl sites for hydroxylation is 1. The molecular weight excluding hydrogens is 416 g/mol. The largest absolute Gasteiger partial charge is 0.504 e. The number of ether oxygens (including phenoxy) is 2. The molecule has 4 heterocycles. The normalized spacial score (nSPS) is 18.5. The summed E-state index contributed by atoms with van der Waals surface area (Å²) in [4.78, 5) is 12.2. The molecule has 3 aromatic rings. The van der Waals surface area contributed by atoms with Crippen molar-refractivity contribution in [2.24, 2.45) is 0 Å². The average molecular weight is 445 g/mol. The van der Waals surface area contributed by atoms with Gasteiger partial charge in [0, 0.05) is 19.5 Å². The van der Waals surface area contributed by atoms with Crippen LogP contribution < -0.4 is 20.1 Å². The first-order valence-corrected chi connectivity index (χ1v) is 11.5. The Morgan fingerprint density at radius 1 is 0.879 bits per heavy atom. The van der Waals surface area contributed by atoms with Crippen molar-refractivity contribution in [2.75, 3.05) is 19.7 Å². The number of fused-ring (bicyclic) bond motifs is 1. The molecule has 1 atom stereocenters. The van der Waals surface area contributed by atoms with Crippen molar-refractivity contribution in [3.05, 3.63) is 82.9 Å². The van der Waals surface area contributed by atoms with Gasteiger partial charge in [-0.25, -0.2) is 0 Å². The molecule has 1 amide bonds. The lowest BCUT2D eigenvalue weighted by Gasteiger charge is -2.28. The summed E-state index contributed by atoms with van der Waals surface area (Å²) in [6.07, 6.45) is 2.60. The number of hydrogen-bond donors (Lipinski definition) is 3. The van der Waals surface area contributed by atoms with Crippen LogP contribution in [0, 0.1) is 0 Å². The molecular formula is C27H28N2O4. The van der Waals surface area contributed by atoms with Gasteiger partial charge >= 0.3 is 0 Å². The third-order valence-electron chi connectivity index (χ3n) is 6.19. The quantitative estimate of drug-likeness (QED) is 0.483. The second kappa shape index (κ2) is 9.55. The van der Waals surface area contributed by atoms with Gasteiger partial charge in [0.1, 0.15) is 11.5 Å². The Morgan fingerprint density at radius 3 is 2.61 bits per heavy atom. The molecule has 6 nitrogen and oxygen atoms in total. The topological polar surface area (TPSA) is 79.8 Å². The van der Waals surface area contributed by atoms with Gasteiger partial charge in [0.2, 0.25) is 5.91 Å². The molecule has 0 aromatic heterocycles. The van der Waals surface area contributed by atoms with Gasteiger partial charge in [-0.2, -0.15) is 0 Å². The van der Waals surface area contributed by atoms with Crippen LogP contribution in [-0.2, 0) is 17.6 Å². The highest BCUT2D eigenvalue weighted by Crippen LogP contribution is 2.36. The number of phenols is 1. The highest BCUT2D eigenvalue weighted by molar-refractivity contribution is 5.76. The van der Waals surface area contributed by atoms with Gasteiger partial charge < -0.3 is 25.2 Å². The summed E-state index contributed by atoms with van der Waals surface area (Å²) in [6.45, 7) is 2.00. The standard InChI is InChI=1S/C27H28N2O4/c30-24-10-2-18-3-11-26(31)28-13-1-15-32-21-6-4-19(5-7-21)27-23-9-8-22(33-25(24)16-18)17-20(23)12-14-29-27/h2,4-10,16-17,27,29-30H,1,3,11-15H2,(H,28,31). The number of hydrogen-bond acceptors (Lipinski definition) is 5. The first kappa shape index (κ1) is 21.3. The SMILES string of the molecule is O=C1CCc2ccc(O)c(c2)Oc2ccc3c(c2)CCNC3c2ccc(cc2)OCCCN1. The van der Waals surface area contributed by atoms with Crippen LogP contribution in [0.15, 0.2) is 60.7 Å². The van der Waals surface area contributed by atoms with Gasteiger partial charge in [-0.3, -0.25) is 4.79 Å². The van der Waals surface area contributed by atoms with E-state index in [0.717, 1.165) is 30.7 Å². The van der Waals surface area contributed by atoms with E-state index in [1.54, 1.807) is 6.07 Å². The van der Waals surface area contributed by atoms with Crippen molar-refractivity contribution < 1.29 is 19.4 Å². The molecule has 8 bridgehead atoms. The van der Waals surface area contributed by atoms with Gasteiger partial charge in [-0.1, -0.05) is 24.3 Å². The fraction of sp³-hybridized carbons (Fsp3) is 0.296. The lowest BCUT2D eigenvalue weighted by atomic mass is 9.89. The summed E-state index contributed by atoms with van der Waals surface area (Å²) in [5.41, 5.74) is 4.59. The number of carbonyl (C=O) groups excluding carboxylic acids is 1. The number of aromatic hydroxyl groups is 1. The molecule has 3 aromatic carbocycles. The molecule has 3 N–H and O–H groups in total. The van der Waals surface area contributed by atoms with Gasteiger partial charge in [-0.15, -0.1) is 0 Å². The highest BCUT2D eigenvalue weighted by Gasteiger charge is 2.22. The minimum atomic E-state index is -0.00190. The molecule has 0 aliphatic carbocycles. The number of benzene rings is 3. The number of carbonyl (C=O) groups is 1. The van der Waals surface area contributed by atoms with Crippen LogP contribution in [0.5, 0.6) is 23.0 Å². The Bertz CT molecular complexity index is 1140. The molecule has 4 aliphatic heterocycles. The van der Waals surface area contributed by atoms with Gasteiger partial charge in [0.15, 0.2) is 11.5 Å². The second-order valence-electron chi connectivity index (χ2n) is 8.52. The van der Waals surface area contributed by atoms with Crippen LogP contribution in [0.25, 0.3) is 0 Å². The van der Waals surface area contributed by atoms with E-state index < -0.39 is 0 Å². The molecule has 1 unspecified atom stereocenters. The van der Waals surface area contributed by atoms with Crippen molar-refractivity contribution >= 4 is 5.91 Å². The van der Waals surface area contributed by atoms with Gasteiger partial charge in [0.05, 0.1) is 12.6 Å². The molecule has 4 aliphatic rings. The molecule has 0 spiro atoms. The van der Waals surface area contributed by atoms with Crippen molar-refractivity contribution in [1.29, 1.82) is 0 Å². The fourth-order valence-corrected chi connectivity index (χ4v) is 4.42. The van der Waals surface area contributed by atoms with Crippen LogP contribution in [0.1, 0.15) is 41.1 Å². The first-order valence-electron chi connectivity index (χ1n) is 11.5. The van der Waals surface area contributed by atoms with E-state index in [1.165, 1.54) is 16.7 Å². The van der Waals surface area contributed by atoms with E-state index in [0.29, 0.717) is 37.5 Å². The zero-order valence-corrected chi connectivity index (χ0v) is 18.5. The Hall–Kier alpha value is -3.51. The molecule has 0 saturated carbocycles. The Morgan fingerprint density at radius 2 is 1.73 bits per heavy atom. The molecule has 7 rings (SSSR count). The number of amides is 1. The van der Waals surface area contributed by atoms with Crippen LogP contribution in [0.2, 0.25) is 0 Å². The third-order valence-corrected chi connectivity index (χ3v) is 6.19. The molecule has 0 saturated heterocycles. The monoisotopic (exact) mass is 444 g/mol. The second-order valence-corrected chi connectivity index (χ2v) is 8.52. The lowest BCUT2D eigenvalue weighted by molar-refractivity contribution is -0.121. The number of nitrogens with one attached hydrogen (secondary N) is 2. The molecule has 0 fully saturated rings. The number of phenolic OH excluding ortho intramolecular Hbond substituents is 1. The first-order chi connectivity index (χ1) is 16.2. The van der Waals surface area contributed by atoms with Gasteiger partial charge in [0.25, 0.3) is 0 Å². The summed E-state index contributed by atoms with van der Waals surface area (Å²) in [6, 6.07) is 19.7. The maximum absolute atomic E-state index is 12.2. The summed E-state index contributed by atoms with van der Waals surface area (Å²) in [7, 11) is 0. The average Bonchev–Trinajstić information content (AvgIpc) is 2.84. The van der Waals surface area contributed by atoms with Gasteiger partial charge in [-0.05, 0) is 77.9 Å². The van der Waals surface area contributed by atoms with Crippen LogP contribution in [-0.4, -0.2) is 30.7 Å². The minimum absolute atomic E-state index is 0.00190. The summed E-state index contributed by atoms with van der Waals surface area (Å²) >= 11 is 0. The summed E-state index contributed by atoms with van der Waals surface area (Å²) in [5, 5.41) is 16.9. The predicted molar refractivity (Wildman–Crippen MR) is 126 cm³/mol. The molecule has 0 radical (unpaired) electrons. The van der Waals surface area contributed by atoms with Crippen LogP contribution in [0.3, 0.4) is 0 Å². The zero-order chi connectivity index (χ0) is 22.6. The predicted octanol–water partition coefficient (Wildman–Crippen LogP) is 4.25. The van der Waals surface area contributed by atoms with Crippen molar-refractivity contribution in [3.8, 4) is 23.0 Å². The Balaban J connectivity index is 1.47.